The fourth-order valence-electron chi connectivity index (χ4n) is 2.17. The number of fused-ring (bicyclic) bond motifs is 1. The van der Waals surface area contributed by atoms with Crippen LogP contribution in [0.15, 0.2) is 51.1 Å². The zero-order chi connectivity index (χ0) is 13.4. The molecule has 0 saturated heterocycles. The monoisotopic (exact) mass is 273 g/mol. The Labute approximate surface area is 116 Å². The van der Waals surface area contributed by atoms with Gasteiger partial charge in [-0.3, -0.25) is 4.99 Å². The van der Waals surface area contributed by atoms with Gasteiger partial charge >= 0.3 is 0 Å². The standard InChI is InChI=1S/C14H15N3OS/c1-8-9(2)19-14-12(8)13(15-7-16-14)17-10-5-3-4-6-11(10)18/h3-7,14,17-18H,1-2H3,(H,15,16). The molecule has 2 aliphatic rings. The molecule has 0 radical (unpaired) electrons. The third-order valence-electron chi connectivity index (χ3n) is 3.32. The number of aromatic hydroxyl groups is 1. The first-order valence-corrected chi connectivity index (χ1v) is 6.96. The summed E-state index contributed by atoms with van der Waals surface area (Å²) in [6, 6.07) is 7.20. The molecule has 3 N–H and O–H groups in total. The van der Waals surface area contributed by atoms with Crippen molar-refractivity contribution < 1.29 is 5.11 Å². The molecule has 0 spiro atoms. The molecule has 4 nitrogen and oxygen atoms in total. The molecule has 3 rings (SSSR count). The minimum Gasteiger partial charge on any atom is -0.506 e. The van der Waals surface area contributed by atoms with Crippen LogP contribution in [-0.2, 0) is 0 Å². The number of para-hydroxylation sites is 2. The topological polar surface area (TPSA) is 56.6 Å². The number of nitrogens with one attached hydrogen (secondary N) is 2. The van der Waals surface area contributed by atoms with Gasteiger partial charge in [0.05, 0.1) is 12.0 Å². The number of phenols is 1. The highest BCUT2D eigenvalue weighted by Gasteiger charge is 2.30. The van der Waals surface area contributed by atoms with E-state index in [4.69, 9.17) is 0 Å². The average Bonchev–Trinajstić information content (AvgIpc) is 2.69. The number of aliphatic imine (C=N–C) groups is 1. The Morgan fingerprint density at radius 2 is 2.11 bits per heavy atom. The maximum absolute atomic E-state index is 9.84. The summed E-state index contributed by atoms with van der Waals surface area (Å²) in [5.41, 5.74) is 3.10. The molecule has 0 fully saturated rings. The molecule has 1 unspecified atom stereocenters. The number of nitrogens with zero attached hydrogens (tertiary/aromatic N) is 1. The van der Waals surface area contributed by atoms with Gasteiger partial charge in [0.25, 0.3) is 0 Å². The normalized spacial score (nSPS) is 21.5. The highest BCUT2D eigenvalue weighted by Crippen LogP contribution is 2.44. The average molecular weight is 273 g/mol. The highest BCUT2D eigenvalue weighted by molar-refractivity contribution is 8.04. The Bertz CT molecular complexity index is 619. The van der Waals surface area contributed by atoms with Crippen molar-refractivity contribution in [3.63, 3.8) is 0 Å². The number of thioether (sulfide) groups is 1. The van der Waals surface area contributed by atoms with Crippen molar-refractivity contribution >= 4 is 23.8 Å². The zero-order valence-electron chi connectivity index (χ0n) is 10.8. The predicted octanol–water partition coefficient (Wildman–Crippen LogP) is 3.01. The number of phenolic OH excluding ortho intramolecular Hbond substituents is 1. The molecular weight excluding hydrogens is 258 g/mol. The summed E-state index contributed by atoms with van der Waals surface area (Å²) in [5, 5.41) is 16.3. The van der Waals surface area contributed by atoms with E-state index in [1.807, 2.05) is 12.1 Å². The molecule has 2 aliphatic heterocycles. The van der Waals surface area contributed by atoms with Gasteiger partial charge in [-0.25, -0.2) is 0 Å². The van der Waals surface area contributed by atoms with Gasteiger partial charge in [-0.2, -0.15) is 0 Å². The number of hydrogen-bond donors (Lipinski definition) is 3. The highest BCUT2D eigenvalue weighted by atomic mass is 32.2. The summed E-state index contributed by atoms with van der Waals surface area (Å²) in [6.45, 7) is 4.21. The van der Waals surface area contributed by atoms with Crippen molar-refractivity contribution in [3.8, 4) is 5.75 Å². The van der Waals surface area contributed by atoms with E-state index in [1.165, 1.54) is 10.5 Å². The lowest BCUT2D eigenvalue weighted by atomic mass is 10.1. The van der Waals surface area contributed by atoms with Crippen LogP contribution in [0.1, 0.15) is 13.8 Å². The van der Waals surface area contributed by atoms with Crippen molar-refractivity contribution in [2.75, 3.05) is 5.32 Å². The largest absolute Gasteiger partial charge is 0.506 e. The zero-order valence-corrected chi connectivity index (χ0v) is 11.6. The molecule has 19 heavy (non-hydrogen) atoms. The molecule has 0 saturated carbocycles. The molecule has 0 aliphatic carbocycles. The van der Waals surface area contributed by atoms with E-state index in [0.717, 1.165) is 11.4 Å². The maximum Gasteiger partial charge on any atom is 0.139 e. The van der Waals surface area contributed by atoms with Crippen molar-refractivity contribution in [2.24, 2.45) is 4.99 Å². The lowest BCUT2D eigenvalue weighted by Crippen LogP contribution is -2.27. The molecule has 1 aromatic carbocycles. The van der Waals surface area contributed by atoms with E-state index in [0.29, 0.717) is 5.69 Å². The van der Waals surface area contributed by atoms with E-state index in [9.17, 15) is 5.11 Å². The van der Waals surface area contributed by atoms with E-state index in [1.54, 1.807) is 30.2 Å². The van der Waals surface area contributed by atoms with Crippen molar-refractivity contribution in [3.05, 3.63) is 46.1 Å². The summed E-state index contributed by atoms with van der Waals surface area (Å²) in [7, 11) is 0. The Morgan fingerprint density at radius 3 is 2.89 bits per heavy atom. The van der Waals surface area contributed by atoms with E-state index in [2.05, 4.69) is 29.5 Å². The molecule has 0 amide bonds. The van der Waals surface area contributed by atoms with Crippen LogP contribution in [0.25, 0.3) is 0 Å². The van der Waals surface area contributed by atoms with Gasteiger partial charge in [0.2, 0.25) is 0 Å². The van der Waals surface area contributed by atoms with Gasteiger partial charge in [0.1, 0.15) is 16.9 Å². The molecule has 1 atom stereocenters. The van der Waals surface area contributed by atoms with Gasteiger partial charge in [-0.05, 0) is 36.5 Å². The molecule has 0 bridgehead atoms. The molecule has 98 valence electrons. The van der Waals surface area contributed by atoms with Crippen LogP contribution in [0.3, 0.4) is 0 Å². The second kappa shape index (κ2) is 4.66. The van der Waals surface area contributed by atoms with E-state index < -0.39 is 0 Å². The van der Waals surface area contributed by atoms with E-state index >= 15 is 0 Å². The number of anilines is 1. The summed E-state index contributed by atoms with van der Waals surface area (Å²) in [4.78, 5) is 5.72. The Kier molecular flexibility index (Phi) is 2.98. The lowest BCUT2D eigenvalue weighted by Gasteiger charge is -2.21. The Balaban J connectivity index is 1.98. The Hall–Kier alpha value is -1.88. The minimum absolute atomic E-state index is 0.120. The summed E-state index contributed by atoms with van der Waals surface area (Å²) in [5.74, 6) is 1.13. The first kappa shape index (κ1) is 12.2. The van der Waals surface area contributed by atoms with Crippen LogP contribution in [0, 0.1) is 0 Å². The first-order chi connectivity index (χ1) is 9.16. The summed E-state index contributed by atoms with van der Waals surface area (Å²) in [6.07, 6.45) is 1.70. The first-order valence-electron chi connectivity index (χ1n) is 6.08. The molecule has 1 aromatic rings. The second-order valence-electron chi connectivity index (χ2n) is 4.50. The van der Waals surface area contributed by atoms with Gasteiger partial charge in [-0.15, -0.1) is 0 Å². The SMILES string of the molecule is CC1=C(C)C2=C(Nc3ccccc3O)NC=NC2S1. The molecule has 5 heteroatoms. The summed E-state index contributed by atoms with van der Waals surface area (Å²) >= 11 is 1.76. The fraction of sp³-hybridized carbons (Fsp3) is 0.214. The number of hydrogen-bond acceptors (Lipinski definition) is 5. The van der Waals surface area contributed by atoms with Crippen LogP contribution in [0.4, 0.5) is 5.69 Å². The van der Waals surface area contributed by atoms with Gasteiger partial charge in [0.15, 0.2) is 0 Å². The fourth-order valence-corrected chi connectivity index (χ4v) is 3.33. The van der Waals surface area contributed by atoms with Crippen LogP contribution in [-0.4, -0.2) is 16.8 Å². The second-order valence-corrected chi connectivity index (χ2v) is 5.80. The molecular formula is C14H15N3OS. The summed E-state index contributed by atoms with van der Waals surface area (Å²) < 4.78 is 0. The number of allylic oxidation sites excluding steroid dienone is 1. The van der Waals surface area contributed by atoms with Crippen LogP contribution in [0.2, 0.25) is 0 Å². The predicted molar refractivity (Wildman–Crippen MR) is 80.1 cm³/mol. The molecule has 2 heterocycles. The number of rotatable bonds is 2. The maximum atomic E-state index is 9.84. The number of benzene rings is 1. The third kappa shape index (κ3) is 2.10. The Morgan fingerprint density at radius 1 is 1.32 bits per heavy atom. The van der Waals surface area contributed by atoms with Crippen molar-refractivity contribution in [1.82, 2.24) is 5.32 Å². The van der Waals surface area contributed by atoms with Crippen molar-refractivity contribution in [1.29, 1.82) is 0 Å². The lowest BCUT2D eigenvalue weighted by molar-refractivity contribution is 0.477. The third-order valence-corrected chi connectivity index (χ3v) is 4.56. The van der Waals surface area contributed by atoms with Crippen molar-refractivity contribution in [2.45, 2.75) is 19.2 Å². The minimum atomic E-state index is 0.120. The molecule has 0 aromatic heterocycles. The van der Waals surface area contributed by atoms with Gasteiger partial charge in [0, 0.05) is 5.57 Å². The van der Waals surface area contributed by atoms with Gasteiger partial charge < -0.3 is 15.7 Å². The van der Waals surface area contributed by atoms with Crippen LogP contribution < -0.4 is 10.6 Å². The quantitative estimate of drug-likeness (QED) is 0.725. The smallest absolute Gasteiger partial charge is 0.139 e. The van der Waals surface area contributed by atoms with Gasteiger partial charge in [-0.1, -0.05) is 23.9 Å². The van der Waals surface area contributed by atoms with Crippen LogP contribution >= 0.6 is 11.8 Å². The van der Waals surface area contributed by atoms with E-state index in [-0.39, 0.29) is 11.1 Å². The van der Waals surface area contributed by atoms with Crippen LogP contribution in [0.5, 0.6) is 5.75 Å².